The van der Waals surface area contributed by atoms with Crippen molar-refractivity contribution < 1.29 is 22.8 Å². The Morgan fingerprint density at radius 3 is 2.45 bits per heavy atom. The second-order valence-corrected chi connectivity index (χ2v) is 13.1. The molecular formula is C41H55F2NO3. The quantitative estimate of drug-likeness (QED) is 0.0835. The molecule has 0 radical (unpaired) electrons. The monoisotopic (exact) mass is 647 g/mol. The fourth-order valence-corrected chi connectivity index (χ4v) is 6.80. The molecule has 1 aromatic carbocycles. The summed E-state index contributed by atoms with van der Waals surface area (Å²) in [5, 5.41) is 0. The number of aryl methyl sites for hydroxylation is 1. The van der Waals surface area contributed by atoms with Gasteiger partial charge in [0.2, 0.25) is 5.78 Å². The van der Waals surface area contributed by atoms with Gasteiger partial charge in [-0.2, -0.15) is 0 Å². The molecule has 47 heavy (non-hydrogen) atoms. The lowest BCUT2D eigenvalue weighted by Crippen LogP contribution is -2.22. The van der Waals surface area contributed by atoms with E-state index < -0.39 is 11.7 Å². The average Bonchev–Trinajstić information content (AvgIpc) is 3.48. The zero-order valence-corrected chi connectivity index (χ0v) is 29.3. The van der Waals surface area contributed by atoms with Crippen LogP contribution in [0.4, 0.5) is 8.78 Å². The summed E-state index contributed by atoms with van der Waals surface area (Å²) in [5.41, 5.74) is 2.41. The first kappa shape index (κ1) is 37.9. The molecule has 1 heterocycles. The van der Waals surface area contributed by atoms with Crippen molar-refractivity contribution in [3.63, 3.8) is 0 Å². The first-order valence-electron chi connectivity index (χ1n) is 17.6. The summed E-state index contributed by atoms with van der Waals surface area (Å²) in [7, 11) is 2.02. The highest BCUT2D eigenvalue weighted by molar-refractivity contribution is 6.05. The molecule has 1 unspecified atom stereocenters. The maximum atomic E-state index is 14.8. The molecule has 0 fully saturated rings. The van der Waals surface area contributed by atoms with Crippen LogP contribution in [-0.2, 0) is 12.3 Å². The van der Waals surface area contributed by atoms with E-state index in [0.29, 0.717) is 42.1 Å². The van der Waals surface area contributed by atoms with E-state index in [0.717, 1.165) is 68.7 Å². The first-order chi connectivity index (χ1) is 22.5. The van der Waals surface area contributed by atoms with Gasteiger partial charge in [-0.25, -0.2) is 8.78 Å². The third kappa shape index (κ3) is 11.0. The third-order valence-electron chi connectivity index (χ3n) is 9.21. The van der Waals surface area contributed by atoms with E-state index in [1.165, 1.54) is 25.7 Å². The van der Waals surface area contributed by atoms with Gasteiger partial charge in [0.15, 0.2) is 11.5 Å². The molecule has 6 heteroatoms. The lowest BCUT2D eigenvalue weighted by atomic mass is 9.84. The largest absolute Gasteiger partial charge is 0.456 e. The van der Waals surface area contributed by atoms with Crippen molar-refractivity contribution in [2.24, 2.45) is 11.8 Å². The summed E-state index contributed by atoms with van der Waals surface area (Å²) >= 11 is 0. The number of ketones is 2. The Balaban J connectivity index is 0.000000653. The Morgan fingerprint density at radius 2 is 1.87 bits per heavy atom. The van der Waals surface area contributed by atoms with E-state index >= 15 is 0 Å². The second-order valence-electron chi connectivity index (χ2n) is 13.1. The molecule has 0 saturated carbocycles. The SMILES string of the molecule is C=CC(=O)c1oc2c(c1C(C)(F)F)C(=C/C)/C(=C\N(C)CC(CCC)CCCCC(=O)c1ccccc1)CC2.CC[C@H]1C=CCCC1. The van der Waals surface area contributed by atoms with Crippen LogP contribution in [0.15, 0.2) is 77.4 Å². The van der Waals surface area contributed by atoms with Gasteiger partial charge in [0.25, 0.3) is 5.92 Å². The van der Waals surface area contributed by atoms with E-state index in [1.807, 2.05) is 50.4 Å². The minimum atomic E-state index is -3.23. The molecule has 0 aliphatic heterocycles. The summed E-state index contributed by atoms with van der Waals surface area (Å²) in [6, 6.07) is 9.43. The summed E-state index contributed by atoms with van der Waals surface area (Å²) < 4.78 is 35.2. The second kappa shape index (κ2) is 18.7. The molecule has 0 bridgehead atoms. The van der Waals surface area contributed by atoms with Gasteiger partial charge >= 0.3 is 0 Å². The molecule has 4 nitrogen and oxygen atoms in total. The maximum Gasteiger partial charge on any atom is 0.274 e. The van der Waals surface area contributed by atoms with Crippen molar-refractivity contribution in [2.45, 2.75) is 111 Å². The van der Waals surface area contributed by atoms with Crippen molar-refractivity contribution in [3.8, 4) is 0 Å². The first-order valence-corrected chi connectivity index (χ1v) is 17.6. The number of rotatable bonds is 15. The van der Waals surface area contributed by atoms with Crippen LogP contribution in [-0.4, -0.2) is 30.1 Å². The van der Waals surface area contributed by atoms with E-state index in [1.54, 1.807) is 0 Å². The number of carbonyl (C=O) groups excluding carboxylic acids is 2. The maximum absolute atomic E-state index is 14.8. The fourth-order valence-electron chi connectivity index (χ4n) is 6.80. The van der Waals surface area contributed by atoms with Gasteiger partial charge in [0.1, 0.15) is 5.76 Å². The number of hydrogen-bond acceptors (Lipinski definition) is 4. The van der Waals surface area contributed by atoms with E-state index in [2.05, 4.69) is 43.7 Å². The number of halogens is 2. The number of Topliss-reactive ketones (excluding diaryl/α,β-unsaturated/α-hetero) is 1. The highest BCUT2D eigenvalue weighted by atomic mass is 19.3. The zero-order valence-electron chi connectivity index (χ0n) is 29.3. The summed E-state index contributed by atoms with van der Waals surface area (Å²) in [5.74, 6) is -2.19. The normalized spacial score (nSPS) is 18.3. The van der Waals surface area contributed by atoms with E-state index in [9.17, 15) is 18.4 Å². The number of furan rings is 1. The predicted molar refractivity (Wildman–Crippen MR) is 190 cm³/mol. The van der Waals surface area contributed by atoms with Crippen molar-refractivity contribution in [1.29, 1.82) is 0 Å². The summed E-state index contributed by atoms with van der Waals surface area (Å²) in [6.45, 7) is 11.4. The molecule has 256 valence electrons. The van der Waals surface area contributed by atoms with Gasteiger partial charge in [-0.05, 0) is 87.3 Å². The molecule has 2 aliphatic rings. The van der Waals surface area contributed by atoms with Gasteiger partial charge in [0.05, 0.1) is 5.56 Å². The fraction of sp³-hybridized carbons (Fsp3) is 0.512. The van der Waals surface area contributed by atoms with Gasteiger partial charge in [-0.15, -0.1) is 0 Å². The number of hydrogen-bond donors (Lipinski definition) is 0. The molecule has 1 aromatic heterocycles. The average molecular weight is 648 g/mol. The molecule has 2 atom stereocenters. The molecule has 4 rings (SSSR count). The minimum absolute atomic E-state index is 0.189. The minimum Gasteiger partial charge on any atom is -0.456 e. The molecule has 2 aliphatic carbocycles. The van der Waals surface area contributed by atoms with Gasteiger partial charge in [0, 0.05) is 50.7 Å². The Morgan fingerprint density at radius 1 is 1.13 bits per heavy atom. The van der Waals surface area contributed by atoms with Crippen molar-refractivity contribution in [1.82, 2.24) is 4.90 Å². The molecule has 0 amide bonds. The lowest BCUT2D eigenvalue weighted by Gasteiger charge is -2.26. The number of benzene rings is 1. The van der Waals surface area contributed by atoms with Crippen molar-refractivity contribution >= 4 is 17.1 Å². The number of fused-ring (bicyclic) bond motifs is 1. The van der Waals surface area contributed by atoms with Crippen LogP contribution in [0.5, 0.6) is 0 Å². The predicted octanol–water partition coefficient (Wildman–Crippen LogP) is 11.5. The van der Waals surface area contributed by atoms with Crippen molar-refractivity contribution in [2.75, 3.05) is 13.6 Å². The Labute approximate surface area is 281 Å². The summed E-state index contributed by atoms with van der Waals surface area (Å²) in [6.07, 6.45) is 21.8. The van der Waals surface area contributed by atoms with Crippen LogP contribution in [0.2, 0.25) is 0 Å². The van der Waals surface area contributed by atoms with Crippen LogP contribution in [0, 0.1) is 11.8 Å². The van der Waals surface area contributed by atoms with Crippen LogP contribution in [0.1, 0.15) is 136 Å². The third-order valence-corrected chi connectivity index (χ3v) is 9.21. The number of nitrogens with zero attached hydrogens (tertiary/aromatic N) is 1. The number of carbonyl (C=O) groups is 2. The number of alkyl halides is 2. The van der Waals surface area contributed by atoms with E-state index in [4.69, 9.17) is 4.42 Å². The summed E-state index contributed by atoms with van der Waals surface area (Å²) in [4.78, 5) is 26.9. The van der Waals surface area contributed by atoms with Crippen LogP contribution in [0.25, 0.3) is 5.57 Å². The topological polar surface area (TPSA) is 50.5 Å². The Kier molecular flexibility index (Phi) is 15.1. The van der Waals surface area contributed by atoms with Gasteiger partial charge in [-0.1, -0.05) is 81.8 Å². The Bertz CT molecular complexity index is 1410. The van der Waals surface area contributed by atoms with Crippen LogP contribution < -0.4 is 0 Å². The number of unbranched alkanes of at least 4 members (excludes halogenated alkanes) is 1. The Hall–Kier alpha value is -3.54. The smallest absolute Gasteiger partial charge is 0.274 e. The van der Waals surface area contributed by atoms with Gasteiger partial charge < -0.3 is 9.32 Å². The molecule has 0 saturated heterocycles. The molecule has 0 spiro atoms. The number of allylic oxidation sites excluding steroid dienone is 6. The highest BCUT2D eigenvalue weighted by Gasteiger charge is 2.40. The van der Waals surface area contributed by atoms with Crippen LogP contribution in [0.3, 0.4) is 0 Å². The lowest BCUT2D eigenvalue weighted by molar-refractivity contribution is 0.0155. The van der Waals surface area contributed by atoms with E-state index in [-0.39, 0.29) is 17.1 Å². The van der Waals surface area contributed by atoms with Crippen molar-refractivity contribution in [3.05, 3.63) is 101 Å². The molecule has 0 N–H and O–H groups in total. The zero-order chi connectivity index (χ0) is 34.4. The molecular weight excluding hydrogens is 592 g/mol. The standard InChI is InChI=1S/C33H41F2NO3.C8H14/c1-6-14-23(15-12-13-18-28(38)24-16-10-9-11-17-24)21-36(5)22-25-19-20-29-30(26(25)7-2)31(33(4,34)35)32(39-29)27(37)8-3;1-2-8-6-4-3-5-7-8/h7-11,16-17,22-23H,3,6,12-15,18-21H2,1-2,4-5H3;4,6,8H,2-3,5,7H2,1H3/b25-22-,26-7+;/t;8-/m.0/s1. The molecule has 2 aromatic rings. The van der Waals surface area contributed by atoms with Crippen LogP contribution >= 0.6 is 0 Å². The highest BCUT2D eigenvalue weighted by Crippen LogP contribution is 2.46. The van der Waals surface area contributed by atoms with Gasteiger partial charge in [-0.3, -0.25) is 9.59 Å².